The summed E-state index contributed by atoms with van der Waals surface area (Å²) in [5.74, 6) is -1.46. The number of carbonyl (C=O) groups excluding carboxylic acids is 1. The maximum absolute atomic E-state index is 13.0. The summed E-state index contributed by atoms with van der Waals surface area (Å²) < 4.78 is 13.0. The van der Waals surface area contributed by atoms with Crippen molar-refractivity contribution in [2.75, 3.05) is 5.73 Å². The van der Waals surface area contributed by atoms with Crippen LogP contribution in [0, 0.1) is 15.9 Å². The van der Waals surface area contributed by atoms with Crippen LogP contribution in [0.4, 0.5) is 15.8 Å². The van der Waals surface area contributed by atoms with Gasteiger partial charge in [0.1, 0.15) is 0 Å². The summed E-state index contributed by atoms with van der Waals surface area (Å²) in [6, 6.07) is 1.64. The Hall–Kier alpha value is -1.98. The maximum atomic E-state index is 13.0. The minimum atomic E-state index is -0.954. The summed E-state index contributed by atoms with van der Waals surface area (Å²) in [4.78, 5) is 20.5. The molecule has 0 aliphatic rings. The van der Waals surface area contributed by atoms with Gasteiger partial charge in [0.05, 0.1) is 16.7 Å². The van der Waals surface area contributed by atoms with E-state index in [2.05, 4.69) is 0 Å². The molecule has 0 heterocycles. The fourth-order valence-electron chi connectivity index (χ4n) is 1.00. The van der Waals surface area contributed by atoms with Crippen LogP contribution in [0.15, 0.2) is 12.1 Å². The van der Waals surface area contributed by atoms with Crippen molar-refractivity contribution in [1.82, 2.24) is 0 Å². The van der Waals surface area contributed by atoms with Crippen LogP contribution in [0.2, 0.25) is 0 Å². The Labute approximate surface area is 78.5 Å². The second-order valence-corrected chi connectivity index (χ2v) is 2.70. The average molecular weight is 198 g/mol. The third kappa shape index (κ3) is 1.68. The number of rotatable bonds is 2. The predicted octanol–water partition coefficient (Wildman–Crippen LogP) is 1.52. The molecule has 0 unspecified atom stereocenters. The van der Waals surface area contributed by atoms with Gasteiger partial charge >= 0.3 is 0 Å². The number of ketones is 1. The number of hydrogen-bond donors (Lipinski definition) is 1. The summed E-state index contributed by atoms with van der Waals surface area (Å²) in [6.45, 7) is 1.16. The van der Waals surface area contributed by atoms with E-state index in [1.807, 2.05) is 0 Å². The van der Waals surface area contributed by atoms with Crippen molar-refractivity contribution in [2.45, 2.75) is 6.92 Å². The van der Waals surface area contributed by atoms with Crippen molar-refractivity contribution < 1.29 is 14.1 Å². The molecule has 0 aromatic heterocycles. The van der Waals surface area contributed by atoms with Crippen molar-refractivity contribution in [3.8, 4) is 0 Å². The number of Topliss-reactive ketones (excluding diaryl/α,β-unsaturated/α-hetero) is 1. The van der Waals surface area contributed by atoms with E-state index in [0.717, 1.165) is 13.0 Å². The maximum Gasteiger partial charge on any atom is 0.273 e. The summed E-state index contributed by atoms with van der Waals surface area (Å²) >= 11 is 0. The number of nitro benzene ring substituents is 1. The van der Waals surface area contributed by atoms with Crippen molar-refractivity contribution in [2.24, 2.45) is 0 Å². The Morgan fingerprint density at radius 2 is 2.14 bits per heavy atom. The van der Waals surface area contributed by atoms with Gasteiger partial charge in [-0.25, -0.2) is 4.39 Å². The van der Waals surface area contributed by atoms with Crippen molar-refractivity contribution in [3.05, 3.63) is 33.6 Å². The van der Waals surface area contributed by atoms with Gasteiger partial charge in [0.15, 0.2) is 11.6 Å². The Morgan fingerprint density at radius 1 is 1.57 bits per heavy atom. The molecule has 74 valence electrons. The molecule has 0 atom stereocenters. The summed E-state index contributed by atoms with van der Waals surface area (Å²) in [7, 11) is 0. The van der Waals surface area contributed by atoms with Crippen LogP contribution < -0.4 is 5.73 Å². The van der Waals surface area contributed by atoms with Crippen molar-refractivity contribution in [3.63, 3.8) is 0 Å². The van der Waals surface area contributed by atoms with Gasteiger partial charge in [-0.1, -0.05) is 0 Å². The summed E-state index contributed by atoms with van der Waals surface area (Å²) in [6.07, 6.45) is 0. The lowest BCUT2D eigenvalue weighted by Gasteiger charge is -2.02. The zero-order chi connectivity index (χ0) is 10.9. The topological polar surface area (TPSA) is 86.2 Å². The first-order chi connectivity index (χ1) is 6.43. The molecule has 2 N–H and O–H groups in total. The lowest BCUT2D eigenvalue weighted by molar-refractivity contribution is -0.385. The molecule has 0 amide bonds. The summed E-state index contributed by atoms with van der Waals surface area (Å²) in [5, 5.41) is 10.3. The van der Waals surface area contributed by atoms with Crippen molar-refractivity contribution >= 4 is 17.2 Å². The smallest absolute Gasteiger partial charge is 0.273 e. The number of non-ortho nitro benzene ring substituents is 1. The minimum Gasteiger partial charge on any atom is -0.396 e. The molecule has 0 aliphatic carbocycles. The van der Waals surface area contributed by atoms with Gasteiger partial charge in [0.25, 0.3) is 5.69 Å². The molecule has 6 heteroatoms. The summed E-state index contributed by atoms with van der Waals surface area (Å²) in [5.41, 5.74) is 4.22. The molecule has 1 rings (SSSR count). The average Bonchev–Trinajstić information content (AvgIpc) is 2.08. The van der Waals surface area contributed by atoms with Crippen LogP contribution in [-0.4, -0.2) is 10.7 Å². The fourth-order valence-corrected chi connectivity index (χ4v) is 1.00. The number of nitrogens with zero attached hydrogens (tertiary/aromatic N) is 1. The highest BCUT2D eigenvalue weighted by atomic mass is 19.1. The number of benzene rings is 1. The van der Waals surface area contributed by atoms with Crippen LogP contribution in [0.5, 0.6) is 0 Å². The van der Waals surface area contributed by atoms with E-state index < -0.39 is 22.2 Å². The SMILES string of the molecule is CC(=O)c1cc([N+](=O)[O-])cc(F)c1N. The predicted molar refractivity (Wildman–Crippen MR) is 47.5 cm³/mol. The quantitative estimate of drug-likeness (QED) is 0.338. The second kappa shape index (κ2) is 3.41. The molecule has 14 heavy (non-hydrogen) atoms. The van der Waals surface area contributed by atoms with Gasteiger partial charge in [-0.3, -0.25) is 14.9 Å². The Balaban J connectivity index is 3.43. The third-order valence-corrected chi connectivity index (χ3v) is 1.70. The molecule has 0 fully saturated rings. The third-order valence-electron chi connectivity index (χ3n) is 1.70. The van der Waals surface area contributed by atoms with E-state index in [1.54, 1.807) is 0 Å². The molecule has 0 saturated heterocycles. The number of hydrogen-bond acceptors (Lipinski definition) is 4. The van der Waals surface area contributed by atoms with Gasteiger partial charge in [0, 0.05) is 11.6 Å². The van der Waals surface area contributed by atoms with Gasteiger partial charge in [-0.2, -0.15) is 0 Å². The van der Waals surface area contributed by atoms with Crippen LogP contribution >= 0.6 is 0 Å². The first-order valence-corrected chi connectivity index (χ1v) is 3.68. The molecular formula is C8H7FN2O3. The molecule has 1 aromatic carbocycles. The van der Waals surface area contributed by atoms with Crippen molar-refractivity contribution in [1.29, 1.82) is 0 Å². The Bertz CT molecular complexity index is 417. The minimum absolute atomic E-state index is 0.170. The number of nitrogens with two attached hydrogens (primary N) is 1. The Kier molecular flexibility index (Phi) is 2.46. The van der Waals surface area contributed by atoms with Gasteiger partial charge in [-0.15, -0.1) is 0 Å². The van der Waals surface area contributed by atoms with Crippen LogP contribution in [-0.2, 0) is 0 Å². The highest BCUT2D eigenvalue weighted by Crippen LogP contribution is 2.23. The molecule has 0 spiro atoms. The standard InChI is InChI=1S/C8H7FN2O3/c1-4(12)6-2-5(11(13)14)3-7(9)8(6)10/h2-3H,10H2,1H3. The number of carbonyl (C=O) groups is 1. The normalized spacial score (nSPS) is 9.86. The second-order valence-electron chi connectivity index (χ2n) is 2.70. The number of nitrogen functional groups attached to an aromatic ring is 1. The molecule has 0 radical (unpaired) electrons. The molecular weight excluding hydrogens is 191 g/mol. The van der Waals surface area contributed by atoms with E-state index in [1.165, 1.54) is 0 Å². The van der Waals surface area contributed by atoms with Crippen LogP contribution in [0.1, 0.15) is 17.3 Å². The van der Waals surface area contributed by atoms with E-state index >= 15 is 0 Å². The molecule has 0 bridgehead atoms. The van der Waals surface area contributed by atoms with E-state index in [9.17, 15) is 19.3 Å². The lowest BCUT2D eigenvalue weighted by atomic mass is 10.1. The van der Waals surface area contributed by atoms with Gasteiger partial charge in [-0.05, 0) is 6.92 Å². The monoisotopic (exact) mass is 198 g/mol. The highest BCUT2D eigenvalue weighted by molar-refractivity contribution is 5.99. The molecule has 1 aromatic rings. The van der Waals surface area contributed by atoms with Gasteiger partial charge in [0.2, 0.25) is 0 Å². The molecule has 0 aliphatic heterocycles. The van der Waals surface area contributed by atoms with Gasteiger partial charge < -0.3 is 5.73 Å². The number of anilines is 1. The van der Waals surface area contributed by atoms with E-state index in [0.29, 0.717) is 6.07 Å². The fraction of sp³-hybridized carbons (Fsp3) is 0.125. The van der Waals surface area contributed by atoms with Crippen LogP contribution in [0.3, 0.4) is 0 Å². The number of nitro groups is 1. The first-order valence-electron chi connectivity index (χ1n) is 3.68. The molecule has 5 nitrogen and oxygen atoms in total. The highest BCUT2D eigenvalue weighted by Gasteiger charge is 2.16. The molecule has 0 saturated carbocycles. The first kappa shape index (κ1) is 10.1. The van der Waals surface area contributed by atoms with Crippen LogP contribution in [0.25, 0.3) is 0 Å². The lowest BCUT2D eigenvalue weighted by Crippen LogP contribution is -2.04. The van der Waals surface area contributed by atoms with E-state index in [-0.39, 0.29) is 11.3 Å². The Morgan fingerprint density at radius 3 is 2.57 bits per heavy atom. The largest absolute Gasteiger partial charge is 0.396 e. The van der Waals surface area contributed by atoms with E-state index in [4.69, 9.17) is 5.73 Å². The number of halogens is 1. The zero-order valence-electron chi connectivity index (χ0n) is 7.28. The zero-order valence-corrected chi connectivity index (χ0v) is 7.28.